The average Bonchev–Trinajstić information content (AvgIpc) is 2.23. The molecule has 0 aromatic heterocycles. The van der Waals surface area contributed by atoms with Crippen LogP contribution in [-0.2, 0) is 4.74 Å². The molecule has 5 N–H and O–H groups in total. The lowest BCUT2D eigenvalue weighted by atomic mass is 9.97. The Morgan fingerprint density at radius 3 is 2.40 bits per heavy atom. The highest BCUT2D eigenvalue weighted by Crippen LogP contribution is 2.19. The Balaban J connectivity index is 2.58. The minimum Gasteiger partial charge on any atom is -0.394 e. The number of rotatable bonds is 4. The highest BCUT2D eigenvalue weighted by atomic mass is 16.6. The lowest BCUT2D eigenvalue weighted by Gasteiger charge is -2.40. The lowest BCUT2D eigenvalue weighted by molar-refractivity contribution is -0.254. The molecule has 6 heteroatoms. The van der Waals surface area contributed by atoms with Crippen molar-refractivity contribution in [3.63, 3.8) is 0 Å². The molecule has 1 saturated heterocycles. The van der Waals surface area contributed by atoms with Gasteiger partial charge in [-0.2, -0.15) is 0 Å². The maximum atomic E-state index is 9.67. The van der Waals surface area contributed by atoms with Crippen LogP contribution in [-0.4, -0.2) is 64.2 Å². The molecular formula is C9H19NO5. The molecule has 0 spiro atoms. The zero-order chi connectivity index (χ0) is 11.4. The van der Waals surface area contributed by atoms with E-state index in [1.807, 2.05) is 6.92 Å². The van der Waals surface area contributed by atoms with Gasteiger partial charge in [0.25, 0.3) is 0 Å². The second-order valence-electron chi connectivity index (χ2n) is 3.71. The Labute approximate surface area is 88.5 Å². The van der Waals surface area contributed by atoms with Crippen LogP contribution in [0.5, 0.6) is 0 Å². The van der Waals surface area contributed by atoms with Gasteiger partial charge < -0.3 is 30.5 Å². The van der Waals surface area contributed by atoms with Gasteiger partial charge >= 0.3 is 0 Å². The van der Waals surface area contributed by atoms with E-state index in [9.17, 15) is 15.3 Å². The van der Waals surface area contributed by atoms with E-state index in [2.05, 4.69) is 5.32 Å². The summed E-state index contributed by atoms with van der Waals surface area (Å²) < 4.78 is 4.96. The summed E-state index contributed by atoms with van der Waals surface area (Å²) in [6.45, 7) is 2.12. The first-order valence-corrected chi connectivity index (χ1v) is 5.15. The number of ether oxygens (including phenoxy) is 1. The average molecular weight is 221 g/mol. The first-order chi connectivity index (χ1) is 7.11. The standard InChI is InChI=1S/C9H19NO5/c1-2-3-10-6-8(13)7(12)5(4-11)15-9(6)14/h5-14H,2-4H2,1H3/t5-,6-,7-,8-,9?/m1/s1. The summed E-state index contributed by atoms with van der Waals surface area (Å²) in [7, 11) is 0. The summed E-state index contributed by atoms with van der Waals surface area (Å²) in [4.78, 5) is 0. The fourth-order valence-corrected chi connectivity index (χ4v) is 1.63. The molecular weight excluding hydrogens is 202 g/mol. The molecule has 1 heterocycles. The van der Waals surface area contributed by atoms with Crippen molar-refractivity contribution in [2.75, 3.05) is 13.2 Å². The molecule has 90 valence electrons. The number of aliphatic hydroxyl groups excluding tert-OH is 4. The van der Waals surface area contributed by atoms with Gasteiger partial charge in [-0.05, 0) is 13.0 Å². The quantitative estimate of drug-likeness (QED) is 0.369. The van der Waals surface area contributed by atoms with E-state index in [0.29, 0.717) is 6.54 Å². The topological polar surface area (TPSA) is 102 Å². The van der Waals surface area contributed by atoms with Gasteiger partial charge in [0.2, 0.25) is 0 Å². The summed E-state index contributed by atoms with van der Waals surface area (Å²) in [6.07, 6.45) is -3.64. The summed E-state index contributed by atoms with van der Waals surface area (Å²) in [5.41, 5.74) is 0. The van der Waals surface area contributed by atoms with Crippen LogP contribution in [0.3, 0.4) is 0 Å². The molecule has 0 aromatic carbocycles. The first kappa shape index (κ1) is 12.8. The lowest BCUT2D eigenvalue weighted by Crippen LogP contribution is -2.63. The number of hydrogen-bond donors (Lipinski definition) is 5. The van der Waals surface area contributed by atoms with E-state index < -0.39 is 37.3 Å². The van der Waals surface area contributed by atoms with Crippen molar-refractivity contribution in [3.8, 4) is 0 Å². The van der Waals surface area contributed by atoms with Crippen molar-refractivity contribution in [2.24, 2.45) is 0 Å². The van der Waals surface area contributed by atoms with Crippen molar-refractivity contribution in [2.45, 2.75) is 44.0 Å². The van der Waals surface area contributed by atoms with Crippen LogP contribution in [0.25, 0.3) is 0 Å². The third-order valence-corrected chi connectivity index (χ3v) is 2.53. The maximum Gasteiger partial charge on any atom is 0.173 e. The van der Waals surface area contributed by atoms with Crippen LogP contribution in [0.15, 0.2) is 0 Å². The molecule has 5 atom stereocenters. The summed E-state index contributed by atoms with van der Waals surface area (Å²) in [6, 6.07) is -0.720. The largest absolute Gasteiger partial charge is 0.394 e. The molecule has 0 bridgehead atoms. The monoisotopic (exact) mass is 221 g/mol. The van der Waals surface area contributed by atoms with E-state index in [-0.39, 0.29) is 0 Å². The van der Waals surface area contributed by atoms with Gasteiger partial charge in [0, 0.05) is 0 Å². The predicted octanol–water partition coefficient (Wildman–Crippen LogP) is -2.21. The Hall–Kier alpha value is -0.240. The van der Waals surface area contributed by atoms with E-state index in [0.717, 1.165) is 6.42 Å². The van der Waals surface area contributed by atoms with Crippen LogP contribution >= 0.6 is 0 Å². The van der Waals surface area contributed by atoms with Crippen molar-refractivity contribution >= 4 is 0 Å². The number of aliphatic hydroxyl groups is 4. The van der Waals surface area contributed by atoms with E-state index in [4.69, 9.17) is 9.84 Å². The zero-order valence-corrected chi connectivity index (χ0v) is 8.71. The van der Waals surface area contributed by atoms with Gasteiger partial charge in [0.15, 0.2) is 6.29 Å². The molecule has 6 nitrogen and oxygen atoms in total. The van der Waals surface area contributed by atoms with E-state index in [1.165, 1.54) is 0 Å². The Morgan fingerprint density at radius 2 is 1.87 bits per heavy atom. The molecule has 0 aliphatic carbocycles. The first-order valence-electron chi connectivity index (χ1n) is 5.15. The van der Waals surface area contributed by atoms with Crippen LogP contribution in [0.2, 0.25) is 0 Å². The maximum absolute atomic E-state index is 9.67. The van der Waals surface area contributed by atoms with Crippen molar-refractivity contribution in [1.29, 1.82) is 0 Å². The molecule has 1 aliphatic heterocycles. The molecule has 0 aromatic rings. The van der Waals surface area contributed by atoms with Gasteiger partial charge in [-0.25, -0.2) is 0 Å². The molecule has 1 rings (SSSR count). The minimum absolute atomic E-state index is 0.435. The highest BCUT2D eigenvalue weighted by molar-refractivity contribution is 4.92. The smallest absolute Gasteiger partial charge is 0.173 e. The van der Waals surface area contributed by atoms with Crippen molar-refractivity contribution < 1.29 is 25.2 Å². The zero-order valence-electron chi connectivity index (χ0n) is 8.71. The minimum atomic E-state index is -1.22. The second-order valence-corrected chi connectivity index (χ2v) is 3.71. The van der Waals surface area contributed by atoms with Gasteiger partial charge in [-0.3, -0.25) is 0 Å². The summed E-state index contributed by atoms with van der Waals surface area (Å²) in [5, 5.41) is 40.4. The Morgan fingerprint density at radius 1 is 1.20 bits per heavy atom. The second kappa shape index (κ2) is 5.74. The van der Waals surface area contributed by atoms with Gasteiger partial charge in [0.1, 0.15) is 18.3 Å². The normalized spacial score (nSPS) is 41.8. The molecule has 1 fully saturated rings. The summed E-state index contributed by atoms with van der Waals surface area (Å²) in [5.74, 6) is 0. The summed E-state index contributed by atoms with van der Waals surface area (Å²) >= 11 is 0. The number of nitrogens with one attached hydrogen (secondary N) is 1. The van der Waals surface area contributed by atoms with E-state index >= 15 is 0 Å². The Kier molecular flexibility index (Phi) is 4.91. The van der Waals surface area contributed by atoms with Crippen molar-refractivity contribution in [3.05, 3.63) is 0 Å². The third kappa shape index (κ3) is 2.87. The SMILES string of the molecule is CCCN[C@H]1C(O)O[C@H](CO)[C@@H](O)[C@@H]1O. The molecule has 1 aliphatic rings. The molecule has 15 heavy (non-hydrogen) atoms. The van der Waals surface area contributed by atoms with Gasteiger partial charge in [-0.1, -0.05) is 6.92 Å². The molecule has 0 saturated carbocycles. The highest BCUT2D eigenvalue weighted by Gasteiger charge is 2.43. The number of hydrogen-bond acceptors (Lipinski definition) is 6. The fourth-order valence-electron chi connectivity index (χ4n) is 1.63. The molecule has 0 amide bonds. The predicted molar refractivity (Wildman–Crippen MR) is 52.1 cm³/mol. The third-order valence-electron chi connectivity index (χ3n) is 2.53. The van der Waals surface area contributed by atoms with Crippen LogP contribution in [0.1, 0.15) is 13.3 Å². The van der Waals surface area contributed by atoms with Crippen molar-refractivity contribution in [1.82, 2.24) is 5.32 Å². The van der Waals surface area contributed by atoms with Gasteiger partial charge in [0.05, 0.1) is 12.6 Å². The van der Waals surface area contributed by atoms with E-state index in [1.54, 1.807) is 0 Å². The molecule has 0 radical (unpaired) electrons. The van der Waals surface area contributed by atoms with Gasteiger partial charge in [-0.15, -0.1) is 0 Å². The Bertz CT molecular complexity index is 191. The van der Waals surface area contributed by atoms with Crippen LogP contribution < -0.4 is 5.32 Å². The molecule has 1 unspecified atom stereocenters. The van der Waals surface area contributed by atoms with Crippen LogP contribution in [0, 0.1) is 0 Å². The fraction of sp³-hybridized carbons (Fsp3) is 1.00. The van der Waals surface area contributed by atoms with Crippen LogP contribution in [0.4, 0.5) is 0 Å².